The van der Waals surface area contributed by atoms with Gasteiger partial charge in [0.1, 0.15) is 25.9 Å². The van der Waals surface area contributed by atoms with Crippen LogP contribution >= 0.6 is 0 Å². The Hall–Kier alpha value is -1.64. The third kappa shape index (κ3) is 3.58. The average Bonchev–Trinajstić information content (AvgIpc) is 2.58. The fourth-order valence-electron chi connectivity index (χ4n) is 2.88. The number of nitrogens with one attached hydrogen (secondary N) is 2. The van der Waals surface area contributed by atoms with Crippen molar-refractivity contribution in [3.63, 3.8) is 0 Å². The lowest BCUT2D eigenvalue weighted by Gasteiger charge is -2.48. The van der Waals surface area contributed by atoms with Crippen LogP contribution in [-0.4, -0.2) is 35.7 Å². The van der Waals surface area contributed by atoms with Gasteiger partial charge in [-0.15, -0.1) is 5.43 Å². The van der Waals surface area contributed by atoms with Gasteiger partial charge in [0.05, 0.1) is 0 Å². The first-order valence-electron chi connectivity index (χ1n) is 7.37. The Morgan fingerprint density at radius 3 is 2.19 bits per heavy atom. The van der Waals surface area contributed by atoms with Gasteiger partial charge in [0.15, 0.2) is 4.08 Å². The molecule has 144 valence electrons. The summed E-state index contributed by atoms with van der Waals surface area (Å²) in [5.74, 6) is 7.19. The average molecular weight is 403 g/mol. The molecule has 12 heteroatoms. The highest BCUT2D eigenvalue weighted by Gasteiger charge is 2.56. The number of hydrazine groups is 1. The molecule has 0 saturated heterocycles. The number of hydrogen-bond donors (Lipinski definition) is 4. The molecule has 0 heterocycles. The van der Waals surface area contributed by atoms with Gasteiger partial charge in [-0.1, -0.05) is 48.6 Å². The zero-order valence-corrected chi connectivity index (χ0v) is 15.2. The maximum atomic E-state index is 12.0. The lowest BCUT2D eigenvalue weighted by atomic mass is 9.87. The second-order valence-electron chi connectivity index (χ2n) is 5.84. The fraction of sp³-hybridized carbons (Fsp3) is 0.286. The van der Waals surface area contributed by atoms with E-state index in [9.17, 15) is 25.9 Å². The molecule has 0 radical (unpaired) electrons. The van der Waals surface area contributed by atoms with Crippen molar-refractivity contribution in [3.8, 4) is 0 Å². The van der Waals surface area contributed by atoms with Gasteiger partial charge in [-0.2, -0.15) is 0 Å². The molecule has 2 rings (SSSR count). The van der Waals surface area contributed by atoms with Gasteiger partial charge in [-0.05, 0) is 11.6 Å². The van der Waals surface area contributed by atoms with Crippen molar-refractivity contribution in [2.75, 3.05) is 0 Å². The number of hydrogen-bond acceptors (Lipinski definition) is 9. The second-order valence-corrected chi connectivity index (χ2v) is 9.38. The minimum absolute atomic E-state index is 0.630. The Morgan fingerprint density at radius 1 is 1.15 bits per heavy atom. The van der Waals surface area contributed by atoms with E-state index in [0.29, 0.717) is 5.56 Å². The molecule has 10 nitrogen and oxygen atoms in total. The van der Waals surface area contributed by atoms with E-state index in [-0.39, 0.29) is 0 Å². The number of nitrogens with two attached hydrogens (primary N) is 1. The smallest absolute Gasteiger partial charge is 0.163 e. The van der Waals surface area contributed by atoms with Crippen molar-refractivity contribution < 1.29 is 31.8 Å². The highest BCUT2D eigenvalue weighted by atomic mass is 32.3. The fourth-order valence-corrected chi connectivity index (χ4v) is 5.67. The lowest BCUT2D eigenvalue weighted by molar-refractivity contribution is -0.463. The summed E-state index contributed by atoms with van der Waals surface area (Å²) < 4.78 is 68.7. The predicted octanol–water partition coefficient (Wildman–Crippen LogP) is -2.03. The van der Waals surface area contributed by atoms with Crippen LogP contribution < -0.4 is 22.5 Å². The second kappa shape index (κ2) is 7.17. The van der Waals surface area contributed by atoms with Crippen molar-refractivity contribution in [2.45, 2.75) is 16.2 Å². The maximum Gasteiger partial charge on any atom is 0.163 e. The molecule has 1 aliphatic rings. The van der Waals surface area contributed by atoms with Crippen LogP contribution in [0.5, 0.6) is 0 Å². The van der Waals surface area contributed by atoms with E-state index >= 15 is 0 Å². The van der Waals surface area contributed by atoms with E-state index in [1.54, 1.807) is 30.3 Å². The molecular weight excluding hydrogens is 384 g/mol. The molecule has 0 fully saturated rings. The third-order valence-electron chi connectivity index (χ3n) is 4.34. The van der Waals surface area contributed by atoms with Crippen LogP contribution in [0.4, 0.5) is 0 Å². The summed E-state index contributed by atoms with van der Waals surface area (Å²) in [4.78, 5) is 0. The Morgan fingerprint density at radius 2 is 1.73 bits per heavy atom. The van der Waals surface area contributed by atoms with Gasteiger partial charge in [-0.25, -0.2) is 22.3 Å². The molecule has 0 aromatic heterocycles. The highest BCUT2D eigenvalue weighted by Crippen LogP contribution is 2.43. The first-order chi connectivity index (χ1) is 12.0. The normalized spacial score (nSPS) is 26.2. The van der Waals surface area contributed by atoms with Crippen LogP contribution in [0, 0.1) is 5.92 Å². The minimum Gasteiger partial charge on any atom is -0.747 e. The highest BCUT2D eigenvalue weighted by molar-refractivity contribution is 8.05. The Kier molecular flexibility index (Phi) is 5.70. The van der Waals surface area contributed by atoms with E-state index in [2.05, 4.69) is 16.7 Å². The number of benzene rings is 1. The molecule has 2 atom stereocenters. The summed E-state index contributed by atoms with van der Waals surface area (Å²) in [5.41, 5.74) is 3.50. The summed E-state index contributed by atoms with van der Waals surface area (Å²) in [5, 5.41) is 0. The molecule has 0 bridgehead atoms. The van der Waals surface area contributed by atoms with Crippen LogP contribution in [0.1, 0.15) is 12.0 Å². The summed E-state index contributed by atoms with van der Waals surface area (Å²) in [6, 6.07) is 8.56. The zero-order chi connectivity index (χ0) is 19.6. The minimum atomic E-state index is -5.61. The van der Waals surface area contributed by atoms with Gasteiger partial charge in [0.25, 0.3) is 0 Å². The molecule has 1 aromatic rings. The molecule has 1 aromatic carbocycles. The molecule has 0 saturated carbocycles. The SMILES string of the molecule is NN[C@]1(N[NH3+])C=C[C@H](/C=C\c2ccccc2)C(S(=O)(=O)[O-])(S(=O)(=O)[O-])C1. The van der Waals surface area contributed by atoms with Gasteiger partial charge < -0.3 is 9.11 Å². The van der Waals surface area contributed by atoms with Crippen LogP contribution in [0.15, 0.2) is 48.6 Å². The maximum absolute atomic E-state index is 12.0. The van der Waals surface area contributed by atoms with Gasteiger partial charge in [-0.3, -0.25) is 11.7 Å². The molecule has 0 unspecified atom stereocenters. The van der Waals surface area contributed by atoms with Gasteiger partial charge in [0.2, 0.25) is 0 Å². The van der Waals surface area contributed by atoms with Crippen LogP contribution in [0.2, 0.25) is 0 Å². The summed E-state index contributed by atoms with van der Waals surface area (Å²) in [6.07, 6.45) is 4.14. The summed E-state index contributed by atoms with van der Waals surface area (Å²) >= 11 is 0. The molecule has 0 spiro atoms. The molecule has 26 heavy (non-hydrogen) atoms. The monoisotopic (exact) mass is 403 g/mol. The Labute approximate surface area is 151 Å². The van der Waals surface area contributed by atoms with E-state index < -0.39 is 42.3 Å². The lowest BCUT2D eigenvalue weighted by Crippen LogP contribution is -2.81. The van der Waals surface area contributed by atoms with E-state index in [1.807, 2.05) is 0 Å². The Bertz CT molecular complexity index is 876. The molecule has 1 aliphatic carbocycles. The molecular formula is C14H19N4O6S2-. The van der Waals surface area contributed by atoms with Gasteiger partial charge >= 0.3 is 0 Å². The molecule has 0 amide bonds. The predicted molar refractivity (Wildman–Crippen MR) is 90.9 cm³/mol. The topological polar surface area (TPSA) is 192 Å². The van der Waals surface area contributed by atoms with E-state index in [1.165, 1.54) is 18.2 Å². The summed E-state index contributed by atoms with van der Waals surface area (Å²) in [6.45, 7) is 0. The number of rotatable bonds is 6. The third-order valence-corrected chi connectivity index (χ3v) is 8.09. The van der Waals surface area contributed by atoms with Gasteiger partial charge in [0, 0.05) is 12.3 Å². The largest absolute Gasteiger partial charge is 0.747 e. The zero-order valence-electron chi connectivity index (χ0n) is 13.5. The van der Waals surface area contributed by atoms with Crippen molar-refractivity contribution in [1.29, 1.82) is 0 Å². The molecule has 7 N–H and O–H groups in total. The van der Waals surface area contributed by atoms with Crippen LogP contribution in [-0.2, 0) is 20.2 Å². The Balaban J connectivity index is 2.68. The van der Waals surface area contributed by atoms with Crippen LogP contribution in [0.3, 0.4) is 0 Å². The quantitative estimate of drug-likeness (QED) is 0.136. The summed E-state index contributed by atoms with van der Waals surface area (Å²) in [7, 11) is -11.2. The first kappa shape index (κ1) is 20.7. The number of allylic oxidation sites excluding steroid dienone is 2. The van der Waals surface area contributed by atoms with Crippen LogP contribution in [0.25, 0.3) is 6.08 Å². The standard InChI is InChI=1S/C14H20N4O6S2/c15-17-13(18-16)9-8-12(7-6-11-4-2-1-3-5-11)14(10-13,25(19,20)21)26(22,23)24/h1-9,12,17-18H,10,15-16H2,(H,19,20,21)(H,22,23,24)/p-1/b7-6-/t12-/m0/s1. The molecule has 0 aliphatic heterocycles. The van der Waals surface area contributed by atoms with Crippen molar-refractivity contribution in [1.82, 2.24) is 10.9 Å². The van der Waals surface area contributed by atoms with E-state index in [0.717, 1.165) is 6.08 Å². The van der Waals surface area contributed by atoms with Crippen molar-refractivity contribution >= 4 is 26.3 Å². The first-order valence-corrected chi connectivity index (χ1v) is 10.2. The van der Waals surface area contributed by atoms with E-state index in [4.69, 9.17) is 5.84 Å². The van der Waals surface area contributed by atoms with Crippen molar-refractivity contribution in [3.05, 3.63) is 54.1 Å². The number of quaternary nitrogens is 1. The van der Waals surface area contributed by atoms with Crippen molar-refractivity contribution in [2.24, 2.45) is 11.8 Å².